The van der Waals surface area contributed by atoms with Gasteiger partial charge in [-0.05, 0) is 113 Å². The number of esters is 2. The van der Waals surface area contributed by atoms with Gasteiger partial charge in [-0.3, -0.25) is 0 Å². The van der Waals surface area contributed by atoms with Crippen molar-refractivity contribution in [1.29, 1.82) is 0 Å². The molecule has 0 radical (unpaired) electrons. The molecule has 2 aliphatic rings. The predicted molar refractivity (Wildman–Crippen MR) is 156 cm³/mol. The van der Waals surface area contributed by atoms with Crippen LogP contribution in [0.4, 0.5) is 8.78 Å². The van der Waals surface area contributed by atoms with Gasteiger partial charge in [-0.2, -0.15) is 0 Å². The Kier molecular flexibility index (Phi) is 14.4. The number of hydrogen-bond acceptors (Lipinski definition) is 4. The van der Waals surface area contributed by atoms with Crippen molar-refractivity contribution in [2.45, 2.75) is 154 Å². The molecular weight excluding hydrogens is 510 g/mol. The summed E-state index contributed by atoms with van der Waals surface area (Å²) in [5, 5.41) is 0. The first-order valence-electron chi connectivity index (χ1n) is 16.1. The lowest BCUT2D eigenvalue weighted by Crippen LogP contribution is -2.29. The fourth-order valence-corrected chi connectivity index (χ4v) is 6.17. The number of ether oxygens (including phenoxy) is 2. The molecule has 2 aliphatic carbocycles. The molecule has 226 valence electrons. The van der Waals surface area contributed by atoms with Crippen molar-refractivity contribution < 1.29 is 27.8 Å². The van der Waals surface area contributed by atoms with Crippen molar-refractivity contribution in [1.82, 2.24) is 0 Å². The molecule has 2 saturated carbocycles. The zero-order valence-corrected chi connectivity index (χ0v) is 24.9. The van der Waals surface area contributed by atoms with Gasteiger partial charge >= 0.3 is 11.9 Å². The minimum Gasteiger partial charge on any atom is -0.460 e. The van der Waals surface area contributed by atoms with Gasteiger partial charge in [0.1, 0.15) is 12.2 Å². The second-order valence-corrected chi connectivity index (χ2v) is 12.3. The van der Waals surface area contributed by atoms with Crippen LogP contribution in [0.5, 0.6) is 0 Å². The number of alkyl halides is 2. The molecule has 1 aromatic carbocycles. The quantitative estimate of drug-likeness (QED) is 0.189. The Morgan fingerprint density at radius 3 is 1.35 bits per heavy atom. The van der Waals surface area contributed by atoms with E-state index in [9.17, 15) is 18.4 Å². The topological polar surface area (TPSA) is 52.6 Å². The average molecular weight is 563 g/mol. The number of unbranched alkanes of at least 4 members (excludes halogenated alkanes) is 2. The number of hydrogen-bond donors (Lipinski definition) is 0. The second kappa shape index (κ2) is 17.7. The molecule has 2 atom stereocenters. The third-order valence-electron chi connectivity index (χ3n) is 8.99. The first-order chi connectivity index (χ1) is 19.4. The van der Waals surface area contributed by atoms with Gasteiger partial charge in [0.15, 0.2) is 12.3 Å². The minimum absolute atomic E-state index is 0.119. The van der Waals surface area contributed by atoms with Crippen LogP contribution >= 0.6 is 0 Å². The van der Waals surface area contributed by atoms with E-state index in [1.54, 1.807) is 0 Å². The summed E-state index contributed by atoms with van der Waals surface area (Å²) in [6.45, 7) is 3.98. The van der Waals surface area contributed by atoms with Crippen molar-refractivity contribution in [2.24, 2.45) is 11.8 Å². The molecule has 0 aromatic heterocycles. The van der Waals surface area contributed by atoms with Crippen LogP contribution in [0, 0.1) is 11.8 Å². The summed E-state index contributed by atoms with van der Waals surface area (Å²) in [6.07, 6.45) is 12.5. The molecule has 6 heteroatoms. The van der Waals surface area contributed by atoms with Gasteiger partial charge in [0.2, 0.25) is 0 Å². The molecule has 40 heavy (non-hydrogen) atoms. The summed E-state index contributed by atoms with van der Waals surface area (Å²) < 4.78 is 38.7. The summed E-state index contributed by atoms with van der Waals surface area (Å²) in [5.41, 5.74) is 2.72. The van der Waals surface area contributed by atoms with Gasteiger partial charge in [0.05, 0.1) is 0 Å². The highest BCUT2D eigenvalue weighted by Gasteiger charge is 2.28. The van der Waals surface area contributed by atoms with E-state index in [0.29, 0.717) is 24.7 Å². The van der Waals surface area contributed by atoms with Crippen LogP contribution in [0.25, 0.3) is 0 Å². The summed E-state index contributed by atoms with van der Waals surface area (Å²) in [7, 11) is 0. The maximum absolute atomic E-state index is 13.9. The minimum atomic E-state index is -1.47. The maximum Gasteiger partial charge on any atom is 0.340 e. The molecule has 0 unspecified atom stereocenters. The molecule has 0 amide bonds. The maximum atomic E-state index is 13.9. The standard InChI is InChI=1S/C34H52F2O4/c1-3-5-7-31(35)33(37)39-29-21-17-27(18-22-29)15-13-25-9-11-26(12-10-25)14-16-28-19-23-30(24-20-28)40-34(38)32(36)8-6-4-2/h9-12,27-32H,3-8,13-24H2,1-2H3/t27?,28?,29?,30?,31-,32-/m0/s1. The Bertz CT molecular complexity index is 786. The van der Waals surface area contributed by atoms with Crippen LogP contribution in [-0.4, -0.2) is 36.5 Å². The zero-order chi connectivity index (χ0) is 28.7. The van der Waals surface area contributed by atoms with Crippen LogP contribution in [0.15, 0.2) is 24.3 Å². The van der Waals surface area contributed by atoms with Crippen molar-refractivity contribution in [3.63, 3.8) is 0 Å². The predicted octanol–water partition coefficient (Wildman–Crippen LogP) is 8.81. The molecule has 0 aliphatic heterocycles. The Hall–Kier alpha value is -1.98. The monoisotopic (exact) mass is 562 g/mol. The summed E-state index contributed by atoms with van der Waals surface area (Å²) in [4.78, 5) is 23.9. The van der Waals surface area contributed by atoms with Crippen molar-refractivity contribution in [3.8, 4) is 0 Å². The number of rotatable bonds is 16. The van der Waals surface area contributed by atoms with Gasteiger partial charge in [-0.1, -0.05) is 63.8 Å². The summed E-state index contributed by atoms with van der Waals surface area (Å²) >= 11 is 0. The Morgan fingerprint density at radius 1 is 0.675 bits per heavy atom. The first kappa shape index (κ1) is 32.5. The molecule has 4 nitrogen and oxygen atoms in total. The molecule has 0 bridgehead atoms. The van der Waals surface area contributed by atoms with E-state index in [2.05, 4.69) is 24.3 Å². The highest BCUT2D eigenvalue weighted by molar-refractivity contribution is 5.75. The lowest BCUT2D eigenvalue weighted by Gasteiger charge is -2.29. The van der Waals surface area contributed by atoms with E-state index in [0.717, 1.165) is 89.9 Å². The third-order valence-corrected chi connectivity index (χ3v) is 8.99. The van der Waals surface area contributed by atoms with E-state index in [1.807, 2.05) is 13.8 Å². The Balaban J connectivity index is 1.27. The molecular formula is C34H52F2O4. The number of benzene rings is 1. The smallest absolute Gasteiger partial charge is 0.340 e. The van der Waals surface area contributed by atoms with Gasteiger partial charge in [-0.25, -0.2) is 18.4 Å². The lowest BCUT2D eigenvalue weighted by molar-refractivity contribution is -0.158. The van der Waals surface area contributed by atoms with Crippen LogP contribution < -0.4 is 0 Å². The van der Waals surface area contributed by atoms with Crippen LogP contribution in [0.2, 0.25) is 0 Å². The van der Waals surface area contributed by atoms with Crippen LogP contribution in [0.1, 0.15) is 128 Å². The van der Waals surface area contributed by atoms with Gasteiger partial charge in [0, 0.05) is 0 Å². The summed E-state index contributed by atoms with van der Waals surface area (Å²) in [5.74, 6) is -0.0610. The number of aryl methyl sites for hydroxylation is 2. The zero-order valence-electron chi connectivity index (χ0n) is 24.9. The molecule has 0 spiro atoms. The van der Waals surface area contributed by atoms with Crippen molar-refractivity contribution in [2.75, 3.05) is 0 Å². The average Bonchev–Trinajstić information content (AvgIpc) is 2.98. The fourth-order valence-electron chi connectivity index (χ4n) is 6.17. The van der Waals surface area contributed by atoms with E-state index in [4.69, 9.17) is 9.47 Å². The van der Waals surface area contributed by atoms with Crippen molar-refractivity contribution >= 4 is 11.9 Å². The second-order valence-electron chi connectivity index (χ2n) is 12.3. The van der Waals surface area contributed by atoms with Crippen LogP contribution in [0.3, 0.4) is 0 Å². The normalized spacial score (nSPS) is 24.7. The van der Waals surface area contributed by atoms with Gasteiger partial charge in [0.25, 0.3) is 0 Å². The number of carbonyl (C=O) groups is 2. The number of halogens is 2. The molecule has 1 aromatic rings. The van der Waals surface area contributed by atoms with Gasteiger partial charge in [-0.15, -0.1) is 0 Å². The molecule has 3 rings (SSSR count). The third kappa shape index (κ3) is 11.5. The highest BCUT2D eigenvalue weighted by Crippen LogP contribution is 2.32. The molecule has 0 heterocycles. The van der Waals surface area contributed by atoms with Crippen molar-refractivity contribution in [3.05, 3.63) is 35.4 Å². The lowest BCUT2D eigenvalue weighted by atomic mass is 9.83. The number of carbonyl (C=O) groups excluding carboxylic acids is 2. The first-order valence-corrected chi connectivity index (χ1v) is 16.1. The van der Waals surface area contributed by atoms with E-state index >= 15 is 0 Å². The molecule has 2 fully saturated rings. The fraction of sp³-hybridized carbons (Fsp3) is 0.765. The van der Waals surface area contributed by atoms with E-state index in [-0.39, 0.29) is 25.0 Å². The Morgan fingerprint density at radius 2 is 1.02 bits per heavy atom. The van der Waals surface area contributed by atoms with Crippen LogP contribution in [-0.2, 0) is 31.9 Å². The Labute approximate surface area is 241 Å². The van der Waals surface area contributed by atoms with Gasteiger partial charge < -0.3 is 9.47 Å². The largest absolute Gasteiger partial charge is 0.460 e. The SMILES string of the molecule is CCCC[C@H](F)C(=O)OC1CCC(CCc2ccc(CCC3CCC(OC(=O)[C@@H](F)CCCC)CC3)cc2)CC1. The molecule has 0 N–H and O–H groups in total. The highest BCUT2D eigenvalue weighted by atomic mass is 19.1. The van der Waals surface area contributed by atoms with E-state index < -0.39 is 24.3 Å². The molecule has 0 saturated heterocycles. The van der Waals surface area contributed by atoms with E-state index in [1.165, 1.54) is 11.1 Å². The summed E-state index contributed by atoms with van der Waals surface area (Å²) in [6, 6.07) is 9.01.